The number of aliphatic carboxylic acids is 1. The fourth-order valence-electron chi connectivity index (χ4n) is 3.84. The van der Waals surface area contributed by atoms with Crippen molar-refractivity contribution in [3.8, 4) is 0 Å². The molecule has 3 aliphatic rings. The van der Waals surface area contributed by atoms with Crippen molar-refractivity contribution in [3.05, 3.63) is 27.1 Å². The van der Waals surface area contributed by atoms with Gasteiger partial charge in [-0.25, -0.2) is 4.79 Å². The summed E-state index contributed by atoms with van der Waals surface area (Å²) in [4.78, 5) is 49.1. The van der Waals surface area contributed by atoms with Crippen LogP contribution in [0.2, 0.25) is 0 Å². The van der Waals surface area contributed by atoms with Crippen LogP contribution in [0.5, 0.6) is 0 Å². The molecule has 184 valence electrons. The molecule has 2 N–H and O–H groups in total. The maximum atomic E-state index is 13.3. The predicted octanol–water partition coefficient (Wildman–Crippen LogP) is 1.84. The highest BCUT2D eigenvalue weighted by Crippen LogP contribution is 2.47. The van der Waals surface area contributed by atoms with E-state index in [0.717, 1.165) is 9.58 Å². The lowest BCUT2D eigenvalue weighted by Gasteiger charge is -2.49. The van der Waals surface area contributed by atoms with Crippen molar-refractivity contribution in [2.24, 2.45) is 0 Å². The lowest BCUT2D eigenvalue weighted by Crippen LogP contribution is -2.70. The van der Waals surface area contributed by atoms with Gasteiger partial charge in [0.25, 0.3) is 5.91 Å². The van der Waals surface area contributed by atoms with Crippen molar-refractivity contribution in [2.45, 2.75) is 49.8 Å². The number of alkyl halides is 3. The second-order valence-corrected chi connectivity index (χ2v) is 9.87. The highest BCUT2D eigenvalue weighted by molar-refractivity contribution is 9.10. The molecule has 15 heteroatoms. The molecule has 2 aliphatic heterocycles. The number of fused-ring (bicyclic) bond motifs is 1. The second kappa shape index (κ2) is 8.91. The number of carbonyl (C=O) groups is 4. The molecule has 0 spiro atoms. The van der Waals surface area contributed by atoms with Gasteiger partial charge in [-0.3, -0.25) is 24.0 Å². The number of hydrogen-bond donors (Lipinski definition) is 2. The van der Waals surface area contributed by atoms with E-state index in [1.807, 2.05) is 0 Å². The Morgan fingerprint density at radius 3 is 2.56 bits per heavy atom. The summed E-state index contributed by atoms with van der Waals surface area (Å²) in [5.41, 5.74) is -0.894. The Morgan fingerprint density at radius 1 is 1.32 bits per heavy atom. The zero-order valence-corrected chi connectivity index (χ0v) is 19.9. The quantitative estimate of drug-likeness (QED) is 0.377. The van der Waals surface area contributed by atoms with Gasteiger partial charge in [0.05, 0.1) is 10.2 Å². The van der Waals surface area contributed by atoms with E-state index in [9.17, 15) is 37.5 Å². The maximum Gasteiger partial charge on any atom is 0.436 e. The van der Waals surface area contributed by atoms with Gasteiger partial charge in [0.1, 0.15) is 30.3 Å². The van der Waals surface area contributed by atoms with Crippen LogP contribution in [0.1, 0.15) is 37.1 Å². The van der Waals surface area contributed by atoms with Gasteiger partial charge in [0.2, 0.25) is 5.91 Å². The lowest BCUT2D eigenvalue weighted by molar-refractivity contribution is -0.151. The second-order valence-electron chi connectivity index (χ2n) is 7.97. The molecule has 2 atom stereocenters. The third-order valence-electron chi connectivity index (χ3n) is 5.47. The number of rotatable bonds is 7. The fourth-order valence-corrected chi connectivity index (χ4v) is 6.00. The smallest absolute Gasteiger partial charge is 0.436 e. The standard InChI is InChI=1S/C19H18BrF3N4O6S/c1-7(28)33-5-9-6-34-17-12(16(30)27(17)14(9)18(31)32)24-10(29)4-26-13(8-2-3-8)11(20)15(25-26)19(21,22)23/h8,12,17H,2-6H2,1H3,(H,24,29)(H,31,32)/t12-,17-/m1/s1. The van der Waals surface area contributed by atoms with Crippen molar-refractivity contribution in [1.29, 1.82) is 0 Å². The van der Waals surface area contributed by atoms with Crippen LogP contribution in [0.3, 0.4) is 0 Å². The molecule has 1 saturated heterocycles. The molecule has 0 aromatic carbocycles. The van der Waals surface area contributed by atoms with Gasteiger partial charge in [0.15, 0.2) is 5.69 Å². The number of ether oxygens (including phenoxy) is 1. The monoisotopic (exact) mass is 566 g/mol. The van der Waals surface area contributed by atoms with Crippen molar-refractivity contribution >= 4 is 51.4 Å². The number of hydrogen-bond acceptors (Lipinski definition) is 7. The molecule has 0 unspecified atom stereocenters. The number of carbonyl (C=O) groups excluding carboxylic acids is 3. The van der Waals surface area contributed by atoms with Crippen LogP contribution in [0.15, 0.2) is 15.7 Å². The van der Waals surface area contributed by atoms with Crippen LogP contribution in [0, 0.1) is 0 Å². The highest BCUT2D eigenvalue weighted by atomic mass is 79.9. The molecule has 3 heterocycles. The Labute approximate surface area is 203 Å². The number of thioether (sulfide) groups is 1. The maximum absolute atomic E-state index is 13.3. The van der Waals surface area contributed by atoms with E-state index in [2.05, 4.69) is 26.3 Å². The third kappa shape index (κ3) is 4.54. The first-order valence-corrected chi connectivity index (χ1v) is 11.9. The van der Waals surface area contributed by atoms with Gasteiger partial charge < -0.3 is 15.2 Å². The van der Waals surface area contributed by atoms with Gasteiger partial charge in [0, 0.05) is 24.2 Å². The number of carboxylic acids is 1. The SMILES string of the molecule is CC(=O)OCC1=C(C(=O)O)N2C(=O)[C@@H](NC(=O)Cn3nc(C(F)(F)F)c(Br)c3C3CC3)[C@H]2SC1. The number of esters is 1. The highest BCUT2D eigenvalue weighted by Gasteiger charge is 2.54. The molecule has 1 aliphatic carbocycles. The number of nitrogens with one attached hydrogen (secondary N) is 1. The minimum atomic E-state index is -4.70. The van der Waals surface area contributed by atoms with E-state index in [-0.39, 0.29) is 39.7 Å². The lowest BCUT2D eigenvalue weighted by atomic mass is 10.0. The van der Waals surface area contributed by atoms with Gasteiger partial charge >= 0.3 is 18.1 Å². The zero-order valence-electron chi connectivity index (χ0n) is 17.5. The number of aromatic nitrogens is 2. The summed E-state index contributed by atoms with van der Waals surface area (Å²) >= 11 is 4.14. The number of β-lactam (4-membered cyclic amide) rings is 1. The normalized spacial score (nSPS) is 22.3. The minimum absolute atomic E-state index is 0.139. The Morgan fingerprint density at radius 2 is 2.00 bits per heavy atom. The summed E-state index contributed by atoms with van der Waals surface area (Å²) in [5.74, 6) is -3.36. The molecule has 0 radical (unpaired) electrons. The summed E-state index contributed by atoms with van der Waals surface area (Å²) < 4.78 is 45.5. The molecule has 34 heavy (non-hydrogen) atoms. The molecule has 2 amide bonds. The Kier molecular flexibility index (Phi) is 6.44. The molecular weight excluding hydrogens is 549 g/mol. The Balaban J connectivity index is 1.48. The first kappa shape index (κ1) is 24.6. The molecule has 1 aromatic heterocycles. The van der Waals surface area contributed by atoms with Crippen LogP contribution in [0.4, 0.5) is 13.2 Å². The molecule has 10 nitrogen and oxygen atoms in total. The average molecular weight is 567 g/mol. The van der Waals surface area contributed by atoms with Gasteiger partial charge in [-0.15, -0.1) is 11.8 Å². The summed E-state index contributed by atoms with van der Waals surface area (Å²) in [5, 5.41) is 14.9. The molecule has 4 rings (SSSR count). The van der Waals surface area contributed by atoms with Crippen LogP contribution in [0.25, 0.3) is 0 Å². The van der Waals surface area contributed by atoms with Gasteiger partial charge in [-0.1, -0.05) is 0 Å². The average Bonchev–Trinajstić information content (AvgIpc) is 3.51. The number of amides is 2. The van der Waals surface area contributed by atoms with E-state index in [1.54, 1.807) is 0 Å². The number of nitrogens with zero attached hydrogens (tertiary/aromatic N) is 3. The first-order valence-electron chi connectivity index (χ1n) is 10.1. The predicted molar refractivity (Wildman–Crippen MR) is 113 cm³/mol. The minimum Gasteiger partial charge on any atom is -0.477 e. The largest absolute Gasteiger partial charge is 0.477 e. The van der Waals surface area contributed by atoms with Crippen molar-refractivity contribution in [2.75, 3.05) is 12.4 Å². The summed E-state index contributed by atoms with van der Waals surface area (Å²) in [6.07, 6.45) is -3.34. The molecule has 1 saturated carbocycles. The molecule has 2 fully saturated rings. The molecule has 1 aromatic rings. The van der Waals surface area contributed by atoms with Crippen LogP contribution in [-0.4, -0.2) is 67.3 Å². The van der Waals surface area contributed by atoms with Gasteiger partial charge in [-0.05, 0) is 28.8 Å². The Hall–Kier alpha value is -2.55. The molecular formula is C19H18BrF3N4O6S. The van der Waals surface area contributed by atoms with Crippen molar-refractivity contribution < 1.29 is 42.2 Å². The van der Waals surface area contributed by atoms with Crippen LogP contribution >= 0.6 is 27.7 Å². The van der Waals surface area contributed by atoms with Gasteiger partial charge in [-0.2, -0.15) is 18.3 Å². The number of halogens is 4. The van der Waals surface area contributed by atoms with E-state index in [1.165, 1.54) is 18.7 Å². The summed E-state index contributed by atoms with van der Waals surface area (Å²) in [7, 11) is 0. The van der Waals surface area contributed by atoms with E-state index in [0.29, 0.717) is 12.8 Å². The van der Waals surface area contributed by atoms with Crippen LogP contribution < -0.4 is 5.32 Å². The van der Waals surface area contributed by atoms with E-state index >= 15 is 0 Å². The number of carboxylic acid groups (broad SMARTS) is 1. The third-order valence-corrected chi connectivity index (χ3v) is 7.59. The Bertz CT molecular complexity index is 1120. The van der Waals surface area contributed by atoms with E-state index < -0.39 is 53.6 Å². The van der Waals surface area contributed by atoms with E-state index in [4.69, 9.17) is 4.74 Å². The summed E-state index contributed by atoms with van der Waals surface area (Å²) in [6.45, 7) is 0.364. The molecule has 0 bridgehead atoms. The summed E-state index contributed by atoms with van der Waals surface area (Å²) in [6, 6.07) is -1.05. The fraction of sp³-hybridized carbons (Fsp3) is 0.526. The van der Waals surface area contributed by atoms with Crippen molar-refractivity contribution in [1.82, 2.24) is 20.0 Å². The zero-order chi connectivity index (χ0) is 24.9. The first-order chi connectivity index (χ1) is 15.9. The van der Waals surface area contributed by atoms with Crippen molar-refractivity contribution in [3.63, 3.8) is 0 Å². The topological polar surface area (TPSA) is 131 Å². The van der Waals surface area contributed by atoms with Crippen LogP contribution in [-0.2, 0) is 36.6 Å².